The summed E-state index contributed by atoms with van der Waals surface area (Å²) in [7, 11) is 1.41. The molecule has 0 saturated carbocycles. The molecule has 1 aliphatic heterocycles. The number of esters is 1. The van der Waals surface area contributed by atoms with Gasteiger partial charge in [0.05, 0.1) is 13.0 Å². The second-order valence-electron chi connectivity index (χ2n) is 7.44. The molecular formula is C19H26BrNO4. The highest BCUT2D eigenvalue weighted by molar-refractivity contribution is 9.10. The first-order chi connectivity index (χ1) is 11.7. The van der Waals surface area contributed by atoms with Crippen LogP contribution in [-0.2, 0) is 20.7 Å². The monoisotopic (exact) mass is 411 g/mol. The van der Waals surface area contributed by atoms with Crippen LogP contribution in [0.25, 0.3) is 0 Å². The Morgan fingerprint density at radius 2 is 2.08 bits per heavy atom. The highest BCUT2D eigenvalue weighted by atomic mass is 79.9. The lowest BCUT2D eigenvalue weighted by Gasteiger charge is -2.25. The van der Waals surface area contributed by atoms with E-state index >= 15 is 0 Å². The van der Waals surface area contributed by atoms with Crippen LogP contribution in [0, 0.1) is 11.8 Å². The van der Waals surface area contributed by atoms with Gasteiger partial charge in [-0.3, -0.25) is 4.79 Å². The van der Waals surface area contributed by atoms with Gasteiger partial charge in [0.2, 0.25) is 0 Å². The van der Waals surface area contributed by atoms with Crippen molar-refractivity contribution in [3.05, 3.63) is 34.3 Å². The molecule has 0 aliphatic carbocycles. The minimum atomic E-state index is -0.521. The van der Waals surface area contributed by atoms with Gasteiger partial charge in [-0.15, -0.1) is 0 Å². The number of likely N-dealkylation sites (tertiary alicyclic amines) is 1. The van der Waals surface area contributed by atoms with Crippen molar-refractivity contribution in [2.75, 3.05) is 20.2 Å². The third-order valence-electron chi connectivity index (χ3n) is 4.29. The number of hydrogen-bond acceptors (Lipinski definition) is 4. The first-order valence-corrected chi connectivity index (χ1v) is 9.29. The van der Waals surface area contributed by atoms with Gasteiger partial charge in [0.15, 0.2) is 0 Å². The van der Waals surface area contributed by atoms with Crippen molar-refractivity contribution in [2.45, 2.75) is 39.2 Å². The Labute approximate surface area is 157 Å². The zero-order valence-corrected chi connectivity index (χ0v) is 16.8. The summed E-state index contributed by atoms with van der Waals surface area (Å²) < 4.78 is 11.4. The van der Waals surface area contributed by atoms with E-state index in [2.05, 4.69) is 15.9 Å². The van der Waals surface area contributed by atoms with E-state index in [1.807, 2.05) is 45.0 Å². The van der Waals surface area contributed by atoms with E-state index in [9.17, 15) is 9.59 Å². The minimum absolute atomic E-state index is 0.0685. The Morgan fingerprint density at radius 1 is 1.36 bits per heavy atom. The van der Waals surface area contributed by atoms with Crippen LogP contribution in [0.3, 0.4) is 0 Å². The average Bonchev–Trinajstić information content (AvgIpc) is 3.00. The number of ether oxygens (including phenoxy) is 2. The van der Waals surface area contributed by atoms with E-state index in [1.165, 1.54) is 7.11 Å². The molecule has 1 saturated heterocycles. The van der Waals surface area contributed by atoms with Gasteiger partial charge in [0, 0.05) is 17.6 Å². The minimum Gasteiger partial charge on any atom is -0.469 e. The molecule has 5 nitrogen and oxygen atoms in total. The Kier molecular flexibility index (Phi) is 6.49. The van der Waals surface area contributed by atoms with Crippen LogP contribution in [0.5, 0.6) is 0 Å². The predicted octanol–water partition coefficient (Wildman–Crippen LogP) is 4.04. The number of rotatable bonds is 4. The van der Waals surface area contributed by atoms with Crippen molar-refractivity contribution < 1.29 is 19.1 Å². The molecule has 2 rings (SSSR count). The number of carbonyl (C=O) groups is 2. The van der Waals surface area contributed by atoms with Crippen LogP contribution in [0.15, 0.2) is 28.7 Å². The molecular weight excluding hydrogens is 386 g/mol. The summed E-state index contributed by atoms with van der Waals surface area (Å²) in [6, 6.07) is 7.92. The molecule has 25 heavy (non-hydrogen) atoms. The van der Waals surface area contributed by atoms with Gasteiger partial charge in [0.1, 0.15) is 5.60 Å². The Morgan fingerprint density at radius 3 is 2.68 bits per heavy atom. The maximum absolute atomic E-state index is 12.3. The highest BCUT2D eigenvalue weighted by Gasteiger charge is 2.37. The van der Waals surface area contributed by atoms with Gasteiger partial charge in [0.25, 0.3) is 0 Å². The maximum atomic E-state index is 12.3. The Balaban J connectivity index is 2.07. The van der Waals surface area contributed by atoms with E-state index in [-0.39, 0.29) is 23.9 Å². The number of benzene rings is 1. The summed E-state index contributed by atoms with van der Waals surface area (Å²) in [6.07, 6.45) is 1.05. The van der Waals surface area contributed by atoms with Crippen LogP contribution in [0.4, 0.5) is 4.79 Å². The Bertz CT molecular complexity index is 626. The number of hydrogen-bond donors (Lipinski definition) is 0. The van der Waals surface area contributed by atoms with Gasteiger partial charge in [-0.1, -0.05) is 28.1 Å². The topological polar surface area (TPSA) is 55.8 Å². The van der Waals surface area contributed by atoms with Crippen molar-refractivity contribution in [3.8, 4) is 0 Å². The molecule has 1 amide bonds. The fourth-order valence-corrected chi connectivity index (χ4v) is 3.57. The molecule has 138 valence electrons. The highest BCUT2D eigenvalue weighted by Crippen LogP contribution is 2.29. The smallest absolute Gasteiger partial charge is 0.410 e. The number of nitrogens with zero attached hydrogens (tertiary/aromatic N) is 1. The third kappa shape index (κ3) is 5.73. The summed E-state index contributed by atoms with van der Waals surface area (Å²) >= 11 is 3.46. The van der Waals surface area contributed by atoms with E-state index in [0.29, 0.717) is 19.5 Å². The normalized spacial score (nSPS) is 18.8. The van der Waals surface area contributed by atoms with E-state index in [0.717, 1.165) is 16.5 Å². The molecule has 0 spiro atoms. The van der Waals surface area contributed by atoms with Crippen LogP contribution in [-0.4, -0.2) is 42.8 Å². The van der Waals surface area contributed by atoms with Gasteiger partial charge in [-0.2, -0.15) is 0 Å². The average molecular weight is 412 g/mol. The maximum Gasteiger partial charge on any atom is 0.410 e. The fourth-order valence-electron chi connectivity index (χ4n) is 3.12. The molecule has 0 N–H and O–H groups in total. The molecule has 2 atom stereocenters. The standard InChI is InChI=1S/C19H26BrNO4/c1-19(2,3)25-18(23)21-9-8-14(12-21)16(17(22)24-4)11-13-6-5-7-15(20)10-13/h5-7,10,14,16H,8-9,11-12H2,1-4H3. The van der Waals surface area contributed by atoms with Crippen molar-refractivity contribution in [2.24, 2.45) is 11.8 Å². The van der Waals surface area contributed by atoms with Crippen molar-refractivity contribution in [1.29, 1.82) is 0 Å². The van der Waals surface area contributed by atoms with Gasteiger partial charge >= 0.3 is 12.1 Å². The van der Waals surface area contributed by atoms with Crippen molar-refractivity contribution in [3.63, 3.8) is 0 Å². The Hall–Kier alpha value is -1.56. The molecule has 0 radical (unpaired) electrons. The molecule has 1 heterocycles. The second kappa shape index (κ2) is 8.21. The zero-order valence-electron chi connectivity index (χ0n) is 15.3. The molecule has 0 bridgehead atoms. The summed E-state index contributed by atoms with van der Waals surface area (Å²) in [6.45, 7) is 6.67. The molecule has 1 fully saturated rings. The van der Waals surface area contributed by atoms with Crippen molar-refractivity contribution in [1.82, 2.24) is 4.90 Å². The molecule has 2 unspecified atom stereocenters. The van der Waals surface area contributed by atoms with Gasteiger partial charge < -0.3 is 14.4 Å². The molecule has 6 heteroatoms. The lowest BCUT2D eigenvalue weighted by atomic mass is 9.86. The van der Waals surface area contributed by atoms with Gasteiger partial charge in [-0.05, 0) is 57.2 Å². The van der Waals surface area contributed by atoms with Crippen molar-refractivity contribution >= 4 is 28.0 Å². The summed E-state index contributed by atoms with van der Waals surface area (Å²) in [4.78, 5) is 26.3. The van der Waals surface area contributed by atoms with Crippen LogP contribution >= 0.6 is 15.9 Å². The first-order valence-electron chi connectivity index (χ1n) is 8.50. The molecule has 1 aliphatic rings. The summed E-state index contributed by atoms with van der Waals surface area (Å²) in [5, 5.41) is 0. The number of halogens is 1. The van der Waals surface area contributed by atoms with E-state index in [1.54, 1.807) is 4.90 Å². The van der Waals surface area contributed by atoms with Crippen LogP contribution < -0.4 is 0 Å². The predicted molar refractivity (Wildman–Crippen MR) is 99.3 cm³/mol. The largest absolute Gasteiger partial charge is 0.469 e. The third-order valence-corrected chi connectivity index (χ3v) is 4.79. The lowest BCUT2D eigenvalue weighted by Crippen LogP contribution is -2.36. The summed E-state index contributed by atoms with van der Waals surface area (Å²) in [5.74, 6) is -0.429. The van der Waals surface area contributed by atoms with E-state index in [4.69, 9.17) is 9.47 Å². The SMILES string of the molecule is COC(=O)C(Cc1cccc(Br)c1)C1CCN(C(=O)OC(C)(C)C)C1. The molecule has 0 aromatic heterocycles. The lowest BCUT2D eigenvalue weighted by molar-refractivity contribution is -0.147. The molecule has 1 aromatic rings. The van der Waals surface area contributed by atoms with Crippen LogP contribution in [0.1, 0.15) is 32.8 Å². The number of carbonyl (C=O) groups excluding carboxylic acids is 2. The summed E-state index contributed by atoms with van der Waals surface area (Å²) in [5.41, 5.74) is 0.549. The molecule has 1 aromatic carbocycles. The number of amides is 1. The van der Waals surface area contributed by atoms with E-state index < -0.39 is 5.60 Å². The van der Waals surface area contributed by atoms with Gasteiger partial charge in [-0.25, -0.2) is 4.79 Å². The quantitative estimate of drug-likeness (QED) is 0.701. The number of methoxy groups -OCH3 is 1. The first kappa shape index (κ1) is 19.8. The van der Waals surface area contributed by atoms with Crippen LogP contribution in [0.2, 0.25) is 0 Å². The fraction of sp³-hybridized carbons (Fsp3) is 0.579. The second-order valence-corrected chi connectivity index (χ2v) is 8.35. The zero-order chi connectivity index (χ0) is 18.6.